The van der Waals surface area contributed by atoms with Gasteiger partial charge in [0.2, 0.25) is 0 Å². The maximum atomic E-state index is 6.10. The maximum absolute atomic E-state index is 6.10. The topological polar surface area (TPSA) is 138 Å². The molecule has 0 amide bonds. The number of nitrogens with zero attached hydrogens (tertiary/aromatic N) is 2. The third-order valence-electron chi connectivity index (χ3n) is 2.65. The van der Waals surface area contributed by atoms with Crippen molar-refractivity contribution in [1.82, 2.24) is 0 Å². The summed E-state index contributed by atoms with van der Waals surface area (Å²) in [4.78, 5) is 7.84. The molecule has 1 aromatic rings. The Hall–Kier alpha value is -2.15. The molecule has 116 valence electrons. The molecule has 0 saturated heterocycles. The van der Waals surface area contributed by atoms with Gasteiger partial charge in [-0.15, -0.1) is 0 Å². The Labute approximate surface area is 129 Å². The SMILES string of the molecule is Cc1cc(OCCC(N=C(N)N)N=C(N)N)cc(C)c1Cl. The normalized spacial score (nSPS) is 10.3. The van der Waals surface area contributed by atoms with Crippen molar-refractivity contribution in [1.29, 1.82) is 0 Å². The third-order valence-corrected chi connectivity index (χ3v) is 3.25. The molecular weight excluding hydrogens is 292 g/mol. The second kappa shape index (κ2) is 7.58. The highest BCUT2D eigenvalue weighted by Gasteiger charge is 2.08. The monoisotopic (exact) mass is 312 g/mol. The molecule has 7 nitrogen and oxygen atoms in total. The van der Waals surface area contributed by atoms with E-state index in [0.29, 0.717) is 13.0 Å². The van der Waals surface area contributed by atoms with Crippen molar-refractivity contribution < 1.29 is 4.74 Å². The van der Waals surface area contributed by atoms with Gasteiger partial charge in [-0.2, -0.15) is 0 Å². The first kappa shape index (κ1) is 16.9. The predicted octanol–water partition coefficient (Wildman–Crippen LogP) is 0.599. The van der Waals surface area contributed by atoms with Crippen molar-refractivity contribution in [2.75, 3.05) is 6.61 Å². The van der Waals surface area contributed by atoms with Crippen LogP contribution in [0.5, 0.6) is 5.75 Å². The van der Waals surface area contributed by atoms with Crippen molar-refractivity contribution in [2.24, 2.45) is 32.9 Å². The number of hydrogen-bond acceptors (Lipinski definition) is 3. The Morgan fingerprint density at radius 2 is 1.57 bits per heavy atom. The van der Waals surface area contributed by atoms with Gasteiger partial charge in [-0.3, -0.25) is 0 Å². The highest BCUT2D eigenvalue weighted by molar-refractivity contribution is 6.32. The zero-order chi connectivity index (χ0) is 16.0. The number of aliphatic imine (C=N–C) groups is 2. The lowest BCUT2D eigenvalue weighted by Gasteiger charge is -2.12. The van der Waals surface area contributed by atoms with Crippen molar-refractivity contribution in [3.8, 4) is 5.75 Å². The molecule has 1 aromatic carbocycles. The van der Waals surface area contributed by atoms with E-state index in [1.54, 1.807) is 0 Å². The Balaban J connectivity index is 2.66. The van der Waals surface area contributed by atoms with E-state index in [9.17, 15) is 0 Å². The summed E-state index contributed by atoms with van der Waals surface area (Å²) in [5.41, 5.74) is 23.2. The van der Waals surface area contributed by atoms with Gasteiger partial charge in [0.15, 0.2) is 11.9 Å². The van der Waals surface area contributed by atoms with Gasteiger partial charge in [-0.1, -0.05) is 11.6 Å². The van der Waals surface area contributed by atoms with E-state index in [1.165, 1.54) is 0 Å². The van der Waals surface area contributed by atoms with Gasteiger partial charge in [0.05, 0.1) is 6.61 Å². The average Bonchev–Trinajstić information content (AvgIpc) is 2.34. The van der Waals surface area contributed by atoms with Crippen LogP contribution < -0.4 is 27.7 Å². The van der Waals surface area contributed by atoms with Gasteiger partial charge in [0.1, 0.15) is 11.9 Å². The number of nitrogens with two attached hydrogens (primary N) is 4. The number of benzene rings is 1. The molecule has 8 N–H and O–H groups in total. The van der Waals surface area contributed by atoms with E-state index >= 15 is 0 Å². The minimum atomic E-state index is -0.561. The van der Waals surface area contributed by atoms with Gasteiger partial charge in [0.25, 0.3) is 0 Å². The lowest BCUT2D eigenvalue weighted by Crippen LogP contribution is -2.29. The number of halogens is 1. The Morgan fingerprint density at radius 1 is 1.10 bits per heavy atom. The second-order valence-corrected chi connectivity index (χ2v) is 4.97. The van der Waals surface area contributed by atoms with E-state index in [1.807, 2.05) is 26.0 Å². The molecule has 8 heteroatoms. The summed E-state index contributed by atoms with van der Waals surface area (Å²) in [5, 5.41) is 0.737. The number of aryl methyl sites for hydroxylation is 2. The van der Waals surface area contributed by atoms with Gasteiger partial charge >= 0.3 is 0 Å². The largest absolute Gasteiger partial charge is 0.493 e. The number of ether oxygens (including phenoxy) is 1. The number of rotatable bonds is 6. The molecule has 0 saturated carbocycles. The lowest BCUT2D eigenvalue weighted by atomic mass is 10.1. The fraction of sp³-hybridized carbons (Fsp3) is 0.385. The first-order valence-corrected chi connectivity index (χ1v) is 6.74. The van der Waals surface area contributed by atoms with Gasteiger partial charge in [-0.05, 0) is 37.1 Å². The van der Waals surface area contributed by atoms with Gasteiger partial charge in [0, 0.05) is 11.4 Å². The zero-order valence-corrected chi connectivity index (χ0v) is 12.9. The van der Waals surface area contributed by atoms with Gasteiger partial charge < -0.3 is 27.7 Å². The van der Waals surface area contributed by atoms with Crippen LogP contribution in [-0.4, -0.2) is 24.7 Å². The third kappa shape index (κ3) is 5.78. The fourth-order valence-corrected chi connectivity index (χ4v) is 1.88. The van der Waals surface area contributed by atoms with Crippen molar-refractivity contribution in [3.63, 3.8) is 0 Å². The number of guanidine groups is 2. The summed E-state index contributed by atoms with van der Waals surface area (Å²) in [6, 6.07) is 3.73. The quantitative estimate of drug-likeness (QED) is 0.450. The van der Waals surface area contributed by atoms with Crippen LogP contribution in [0.25, 0.3) is 0 Å². The zero-order valence-electron chi connectivity index (χ0n) is 12.1. The highest BCUT2D eigenvalue weighted by atomic mass is 35.5. The molecule has 0 radical (unpaired) electrons. The molecule has 0 atom stereocenters. The van der Waals surface area contributed by atoms with Gasteiger partial charge in [-0.25, -0.2) is 9.98 Å². The lowest BCUT2D eigenvalue weighted by molar-refractivity contribution is 0.299. The van der Waals surface area contributed by atoms with Crippen molar-refractivity contribution >= 4 is 23.5 Å². The summed E-state index contributed by atoms with van der Waals surface area (Å²) in [5.74, 6) is 0.564. The molecule has 0 spiro atoms. The summed E-state index contributed by atoms with van der Waals surface area (Å²) in [6.45, 7) is 4.20. The minimum Gasteiger partial charge on any atom is -0.493 e. The molecule has 0 unspecified atom stereocenters. The van der Waals surface area contributed by atoms with Crippen LogP contribution in [0, 0.1) is 13.8 Å². The Kier molecular flexibility index (Phi) is 6.10. The van der Waals surface area contributed by atoms with Crippen LogP contribution in [0.15, 0.2) is 22.1 Å². The smallest absolute Gasteiger partial charge is 0.188 e. The van der Waals surface area contributed by atoms with E-state index in [4.69, 9.17) is 39.3 Å². The van der Waals surface area contributed by atoms with Crippen molar-refractivity contribution in [2.45, 2.75) is 26.4 Å². The molecule has 0 aliphatic heterocycles. The summed E-state index contributed by atoms with van der Waals surface area (Å²) < 4.78 is 5.66. The van der Waals surface area contributed by atoms with Crippen LogP contribution in [0.3, 0.4) is 0 Å². The molecular formula is C13H21ClN6O. The second-order valence-electron chi connectivity index (χ2n) is 4.60. The average molecular weight is 313 g/mol. The first-order chi connectivity index (χ1) is 9.79. The fourth-order valence-electron chi connectivity index (χ4n) is 1.77. The van der Waals surface area contributed by atoms with E-state index in [2.05, 4.69) is 9.98 Å². The van der Waals surface area contributed by atoms with Crippen LogP contribution in [-0.2, 0) is 0 Å². The van der Waals surface area contributed by atoms with E-state index in [0.717, 1.165) is 21.9 Å². The predicted molar refractivity (Wildman–Crippen MR) is 86.4 cm³/mol. The minimum absolute atomic E-state index is 0.0804. The Bertz CT molecular complexity index is 509. The van der Waals surface area contributed by atoms with E-state index < -0.39 is 6.17 Å². The van der Waals surface area contributed by atoms with Crippen LogP contribution in [0.4, 0.5) is 0 Å². The summed E-state index contributed by atoms with van der Waals surface area (Å²) in [6.07, 6.45) is -0.120. The summed E-state index contributed by atoms with van der Waals surface area (Å²) in [7, 11) is 0. The molecule has 0 aromatic heterocycles. The molecule has 0 heterocycles. The Morgan fingerprint density at radius 3 is 2.00 bits per heavy atom. The molecule has 21 heavy (non-hydrogen) atoms. The molecule has 0 aliphatic rings. The highest BCUT2D eigenvalue weighted by Crippen LogP contribution is 2.25. The number of hydrogen-bond donors (Lipinski definition) is 4. The molecule has 0 bridgehead atoms. The first-order valence-electron chi connectivity index (χ1n) is 6.36. The van der Waals surface area contributed by atoms with Crippen LogP contribution in [0.1, 0.15) is 17.5 Å². The molecule has 0 aliphatic carbocycles. The van der Waals surface area contributed by atoms with Crippen molar-refractivity contribution in [3.05, 3.63) is 28.3 Å². The van der Waals surface area contributed by atoms with Crippen LogP contribution >= 0.6 is 11.6 Å². The standard InChI is InChI=1S/C13H21ClN6O/c1-7-5-9(6-8(2)11(7)14)21-4-3-10(19-12(15)16)20-13(17)18/h5-6,10H,3-4H2,1-2H3,(H4,15,16,19)(H4,17,18,20). The molecule has 1 rings (SSSR count). The van der Waals surface area contributed by atoms with E-state index in [-0.39, 0.29) is 11.9 Å². The van der Waals surface area contributed by atoms with Crippen LogP contribution in [0.2, 0.25) is 5.02 Å². The summed E-state index contributed by atoms with van der Waals surface area (Å²) >= 11 is 6.10. The molecule has 0 fully saturated rings. The maximum Gasteiger partial charge on any atom is 0.188 e.